The molecule has 2 rings (SSSR count). The minimum Gasteiger partial charge on any atom is -0.369 e. The zero-order chi connectivity index (χ0) is 13.7. The number of carbonyl (C=O) groups excluding carboxylic acids is 1. The second-order valence-electron chi connectivity index (χ2n) is 4.28. The number of carbonyl (C=O) groups is 1. The van der Waals surface area contributed by atoms with Gasteiger partial charge in [0.15, 0.2) is 0 Å². The van der Waals surface area contributed by atoms with Crippen molar-refractivity contribution in [1.29, 1.82) is 0 Å². The van der Waals surface area contributed by atoms with Crippen molar-refractivity contribution < 1.29 is 9.18 Å². The van der Waals surface area contributed by atoms with Crippen molar-refractivity contribution in [3.05, 3.63) is 59.9 Å². The van der Waals surface area contributed by atoms with Crippen LogP contribution < -0.4 is 11.1 Å². The first kappa shape index (κ1) is 13.2. The lowest BCUT2D eigenvalue weighted by atomic mass is 10.0. The summed E-state index contributed by atoms with van der Waals surface area (Å²) in [4.78, 5) is 10.6. The molecule has 98 valence electrons. The van der Waals surface area contributed by atoms with Crippen molar-refractivity contribution in [2.24, 2.45) is 5.73 Å². The molecule has 0 saturated heterocycles. The minimum atomic E-state index is -0.378. The monoisotopic (exact) mass is 258 g/mol. The molecule has 1 amide bonds. The van der Waals surface area contributed by atoms with Crippen LogP contribution in [0.25, 0.3) is 11.1 Å². The van der Waals surface area contributed by atoms with Crippen molar-refractivity contribution in [3.8, 4) is 11.1 Å². The highest BCUT2D eigenvalue weighted by Gasteiger charge is 2.00. The average Bonchev–Trinajstić information content (AvgIpc) is 2.39. The molecule has 2 aromatic carbocycles. The van der Waals surface area contributed by atoms with Crippen molar-refractivity contribution in [2.45, 2.75) is 6.54 Å². The van der Waals surface area contributed by atoms with E-state index < -0.39 is 0 Å². The van der Waals surface area contributed by atoms with Crippen LogP contribution in [0, 0.1) is 5.82 Å². The lowest BCUT2D eigenvalue weighted by molar-refractivity contribution is -0.117. The fourth-order valence-corrected chi connectivity index (χ4v) is 1.81. The summed E-state index contributed by atoms with van der Waals surface area (Å²) in [5.41, 5.74) is 7.88. The molecule has 0 heterocycles. The molecule has 0 atom stereocenters. The molecule has 0 aliphatic rings. The first-order valence-electron chi connectivity index (χ1n) is 5.99. The molecule has 0 spiro atoms. The number of hydrogen-bond acceptors (Lipinski definition) is 2. The fraction of sp³-hybridized carbons (Fsp3) is 0.133. The standard InChI is InChI=1S/C15H15FN2O/c16-14-3-1-2-13(8-14)12-6-4-11(5-7-12)9-18-10-15(17)19/h1-8,18H,9-10H2,(H2,17,19). The minimum absolute atomic E-state index is 0.158. The van der Waals surface area contributed by atoms with Crippen LogP contribution in [0.3, 0.4) is 0 Å². The van der Waals surface area contributed by atoms with E-state index in [1.807, 2.05) is 30.3 Å². The predicted molar refractivity (Wildman–Crippen MR) is 72.7 cm³/mol. The Morgan fingerprint density at radius 3 is 2.47 bits per heavy atom. The number of nitrogens with one attached hydrogen (secondary N) is 1. The van der Waals surface area contributed by atoms with Gasteiger partial charge < -0.3 is 11.1 Å². The van der Waals surface area contributed by atoms with Gasteiger partial charge in [0.2, 0.25) is 5.91 Å². The molecule has 0 bridgehead atoms. The van der Waals surface area contributed by atoms with E-state index in [2.05, 4.69) is 5.32 Å². The topological polar surface area (TPSA) is 55.1 Å². The van der Waals surface area contributed by atoms with E-state index in [0.717, 1.165) is 16.7 Å². The number of halogens is 1. The van der Waals surface area contributed by atoms with Crippen LogP contribution in [0.4, 0.5) is 4.39 Å². The van der Waals surface area contributed by atoms with Gasteiger partial charge in [-0.2, -0.15) is 0 Å². The van der Waals surface area contributed by atoms with E-state index >= 15 is 0 Å². The average molecular weight is 258 g/mol. The van der Waals surface area contributed by atoms with Gasteiger partial charge >= 0.3 is 0 Å². The molecule has 0 radical (unpaired) electrons. The SMILES string of the molecule is NC(=O)CNCc1ccc(-c2cccc(F)c2)cc1. The maximum atomic E-state index is 13.1. The number of rotatable bonds is 5. The van der Waals surface area contributed by atoms with Crippen molar-refractivity contribution in [2.75, 3.05) is 6.54 Å². The Morgan fingerprint density at radius 1 is 1.11 bits per heavy atom. The molecule has 3 N–H and O–H groups in total. The molecule has 0 aliphatic heterocycles. The molecule has 19 heavy (non-hydrogen) atoms. The van der Waals surface area contributed by atoms with Gasteiger partial charge in [0.25, 0.3) is 0 Å². The van der Waals surface area contributed by atoms with E-state index in [4.69, 9.17) is 5.73 Å². The van der Waals surface area contributed by atoms with E-state index in [9.17, 15) is 9.18 Å². The fourth-order valence-electron chi connectivity index (χ4n) is 1.81. The molecule has 0 unspecified atom stereocenters. The summed E-state index contributed by atoms with van der Waals surface area (Å²) in [5.74, 6) is -0.624. The quantitative estimate of drug-likeness (QED) is 0.862. The van der Waals surface area contributed by atoms with E-state index in [1.165, 1.54) is 12.1 Å². The van der Waals surface area contributed by atoms with Crippen LogP contribution in [0.15, 0.2) is 48.5 Å². The van der Waals surface area contributed by atoms with Crippen LogP contribution >= 0.6 is 0 Å². The Balaban J connectivity index is 2.04. The third-order valence-corrected chi connectivity index (χ3v) is 2.74. The third-order valence-electron chi connectivity index (χ3n) is 2.74. The maximum absolute atomic E-state index is 13.1. The van der Waals surface area contributed by atoms with Crippen LogP contribution in [-0.2, 0) is 11.3 Å². The lowest BCUT2D eigenvalue weighted by Crippen LogP contribution is -2.28. The number of primary amides is 1. The molecule has 3 nitrogen and oxygen atoms in total. The Hall–Kier alpha value is -2.20. The Morgan fingerprint density at radius 2 is 1.84 bits per heavy atom. The number of hydrogen-bond donors (Lipinski definition) is 2. The predicted octanol–water partition coefficient (Wildman–Crippen LogP) is 2.07. The Kier molecular flexibility index (Phi) is 4.26. The summed E-state index contributed by atoms with van der Waals surface area (Å²) in [5, 5.41) is 2.93. The summed E-state index contributed by atoms with van der Waals surface area (Å²) < 4.78 is 13.1. The second kappa shape index (κ2) is 6.11. The van der Waals surface area contributed by atoms with Crippen LogP contribution in [-0.4, -0.2) is 12.5 Å². The highest BCUT2D eigenvalue weighted by Crippen LogP contribution is 2.20. The van der Waals surface area contributed by atoms with Gasteiger partial charge in [-0.25, -0.2) is 4.39 Å². The zero-order valence-corrected chi connectivity index (χ0v) is 10.4. The number of amides is 1. The van der Waals surface area contributed by atoms with Crippen molar-refractivity contribution >= 4 is 5.91 Å². The Bertz CT molecular complexity index is 567. The van der Waals surface area contributed by atoms with Crippen LogP contribution in [0.2, 0.25) is 0 Å². The molecule has 0 saturated carbocycles. The summed E-state index contributed by atoms with van der Waals surface area (Å²) >= 11 is 0. The van der Waals surface area contributed by atoms with Crippen molar-refractivity contribution in [3.63, 3.8) is 0 Å². The van der Waals surface area contributed by atoms with Gasteiger partial charge in [-0.1, -0.05) is 36.4 Å². The summed E-state index contributed by atoms with van der Waals surface area (Å²) in [6, 6.07) is 14.2. The smallest absolute Gasteiger partial charge is 0.231 e. The first-order chi connectivity index (χ1) is 9.15. The molecule has 2 aromatic rings. The van der Waals surface area contributed by atoms with E-state index in [0.29, 0.717) is 6.54 Å². The number of nitrogens with two attached hydrogens (primary N) is 1. The van der Waals surface area contributed by atoms with Gasteiger partial charge in [-0.3, -0.25) is 4.79 Å². The zero-order valence-electron chi connectivity index (χ0n) is 10.4. The van der Waals surface area contributed by atoms with E-state index in [-0.39, 0.29) is 18.3 Å². The summed E-state index contributed by atoms with van der Waals surface area (Å²) in [7, 11) is 0. The summed E-state index contributed by atoms with van der Waals surface area (Å²) in [6.07, 6.45) is 0. The van der Waals surface area contributed by atoms with E-state index in [1.54, 1.807) is 6.07 Å². The maximum Gasteiger partial charge on any atom is 0.231 e. The highest BCUT2D eigenvalue weighted by molar-refractivity contribution is 5.75. The normalized spacial score (nSPS) is 10.4. The molecule has 0 aliphatic carbocycles. The molecular formula is C15H15FN2O. The van der Waals surface area contributed by atoms with Gasteiger partial charge in [-0.15, -0.1) is 0 Å². The molecule has 4 heteroatoms. The highest BCUT2D eigenvalue weighted by atomic mass is 19.1. The molecular weight excluding hydrogens is 243 g/mol. The van der Waals surface area contributed by atoms with Crippen LogP contribution in [0.5, 0.6) is 0 Å². The molecule has 0 aromatic heterocycles. The van der Waals surface area contributed by atoms with Gasteiger partial charge in [-0.05, 0) is 28.8 Å². The van der Waals surface area contributed by atoms with Gasteiger partial charge in [0, 0.05) is 6.54 Å². The van der Waals surface area contributed by atoms with Gasteiger partial charge in [0.1, 0.15) is 5.82 Å². The lowest BCUT2D eigenvalue weighted by Gasteiger charge is -2.05. The third kappa shape index (κ3) is 3.89. The molecule has 0 fully saturated rings. The Labute approximate surface area is 111 Å². The van der Waals surface area contributed by atoms with Crippen LogP contribution in [0.1, 0.15) is 5.56 Å². The second-order valence-corrected chi connectivity index (χ2v) is 4.28. The number of benzene rings is 2. The summed E-state index contributed by atoms with van der Waals surface area (Å²) in [6.45, 7) is 0.734. The van der Waals surface area contributed by atoms with Gasteiger partial charge in [0.05, 0.1) is 6.54 Å². The van der Waals surface area contributed by atoms with Crippen molar-refractivity contribution in [1.82, 2.24) is 5.32 Å². The first-order valence-corrected chi connectivity index (χ1v) is 5.99. The largest absolute Gasteiger partial charge is 0.369 e.